The summed E-state index contributed by atoms with van der Waals surface area (Å²) in [7, 11) is -4.01. The molecule has 238 valence electrons. The van der Waals surface area contributed by atoms with Crippen LogP contribution in [0.1, 0.15) is 46.8 Å². The second-order valence-corrected chi connectivity index (χ2v) is 13.7. The van der Waals surface area contributed by atoms with Crippen molar-refractivity contribution in [3.8, 4) is 23.0 Å². The highest BCUT2D eigenvalue weighted by Gasteiger charge is 2.44. The summed E-state index contributed by atoms with van der Waals surface area (Å²) in [6, 6.07) is 23.4. The number of carbonyl (C=O) groups is 1. The number of rotatable bonds is 6. The van der Waals surface area contributed by atoms with Crippen LogP contribution in [-0.4, -0.2) is 38.6 Å². The summed E-state index contributed by atoms with van der Waals surface area (Å²) < 4.78 is 51.5. The summed E-state index contributed by atoms with van der Waals surface area (Å²) in [6.07, 6.45) is 4.61. The molecular formula is C35H28ClN3O7S. The van der Waals surface area contributed by atoms with Crippen molar-refractivity contribution in [3.63, 3.8) is 0 Å². The minimum atomic E-state index is -4.01. The lowest BCUT2D eigenvalue weighted by Crippen LogP contribution is -2.32. The molecule has 0 bridgehead atoms. The third kappa shape index (κ3) is 5.55. The van der Waals surface area contributed by atoms with E-state index in [1.165, 1.54) is 17.1 Å². The number of ether oxygens (including phenoxy) is 4. The van der Waals surface area contributed by atoms with Crippen LogP contribution >= 0.6 is 11.6 Å². The maximum atomic E-state index is 14.4. The number of allylic oxidation sites excluding steroid dienone is 1. The van der Waals surface area contributed by atoms with E-state index in [1.807, 2.05) is 36.4 Å². The largest absolute Gasteiger partial charge is 0.454 e. The maximum Gasteiger partial charge on any atom is 0.274 e. The number of nitrogens with zero attached hydrogens (tertiary/aromatic N) is 2. The molecule has 1 amide bonds. The number of sulfonamides is 1. The zero-order chi connectivity index (χ0) is 32.1. The van der Waals surface area contributed by atoms with Crippen LogP contribution in [0, 0.1) is 5.92 Å². The van der Waals surface area contributed by atoms with E-state index in [0.29, 0.717) is 33.7 Å². The van der Waals surface area contributed by atoms with Gasteiger partial charge in [0.1, 0.15) is 0 Å². The standard InChI is InChI=1S/C35H28ClN3O7S/c36-25-9-11-26(12-10-25)38-47(41,42)27-5-1-4-24(17-27)35(40)39-34(23-8-14-30-32(18-23)46-20-44-30)28-6-2-3-22(33(28)37-39)15-21-7-13-29-31(16-21)45-19-43-29/h1,4-5,7-18,28,34,38H,2-3,6,19-20H2/b22-15+/t28-,34-/m1/s1. The van der Waals surface area contributed by atoms with Crippen LogP contribution in [0.3, 0.4) is 0 Å². The lowest BCUT2D eigenvalue weighted by atomic mass is 9.77. The fourth-order valence-corrected chi connectivity index (χ4v) is 7.69. The van der Waals surface area contributed by atoms with Gasteiger partial charge in [0.05, 0.1) is 16.6 Å². The van der Waals surface area contributed by atoms with Gasteiger partial charge in [-0.15, -0.1) is 0 Å². The predicted octanol–water partition coefficient (Wildman–Crippen LogP) is 7.04. The van der Waals surface area contributed by atoms with Crippen LogP contribution in [0.15, 0.2) is 100 Å². The van der Waals surface area contributed by atoms with E-state index in [2.05, 4.69) is 10.8 Å². The summed E-state index contributed by atoms with van der Waals surface area (Å²) in [4.78, 5) is 14.3. The Morgan fingerprint density at radius 2 is 1.60 bits per heavy atom. The number of hydrogen-bond donors (Lipinski definition) is 1. The molecule has 1 aliphatic carbocycles. The number of nitrogens with one attached hydrogen (secondary N) is 1. The first-order valence-electron chi connectivity index (χ1n) is 15.1. The van der Waals surface area contributed by atoms with Gasteiger partial charge < -0.3 is 18.9 Å². The first-order chi connectivity index (χ1) is 22.8. The van der Waals surface area contributed by atoms with Crippen LogP contribution < -0.4 is 23.7 Å². The van der Waals surface area contributed by atoms with E-state index in [4.69, 9.17) is 35.6 Å². The first-order valence-corrected chi connectivity index (χ1v) is 17.0. The van der Waals surface area contributed by atoms with Crippen molar-refractivity contribution in [1.82, 2.24) is 5.01 Å². The minimum absolute atomic E-state index is 0.0504. The van der Waals surface area contributed by atoms with Crippen molar-refractivity contribution < 1.29 is 32.2 Å². The fourth-order valence-electron chi connectivity index (χ4n) is 6.46. The second kappa shape index (κ2) is 11.7. The summed E-state index contributed by atoms with van der Waals surface area (Å²) >= 11 is 5.96. The number of hydrazone groups is 1. The van der Waals surface area contributed by atoms with Gasteiger partial charge in [0, 0.05) is 22.2 Å². The number of carbonyl (C=O) groups excluding carboxylic acids is 1. The topological polar surface area (TPSA) is 116 Å². The summed E-state index contributed by atoms with van der Waals surface area (Å²) in [5.41, 5.74) is 4.21. The average Bonchev–Trinajstić information content (AvgIpc) is 3.84. The molecule has 10 nitrogen and oxygen atoms in total. The van der Waals surface area contributed by atoms with E-state index < -0.39 is 22.0 Å². The molecule has 1 fully saturated rings. The van der Waals surface area contributed by atoms with Gasteiger partial charge in [0.2, 0.25) is 13.6 Å². The molecule has 8 rings (SSSR count). The smallest absolute Gasteiger partial charge is 0.274 e. The van der Waals surface area contributed by atoms with E-state index in [0.717, 1.165) is 41.7 Å². The van der Waals surface area contributed by atoms with Gasteiger partial charge in [0.15, 0.2) is 23.0 Å². The number of hydrogen-bond acceptors (Lipinski definition) is 8. The highest BCUT2D eigenvalue weighted by atomic mass is 35.5. The highest BCUT2D eigenvalue weighted by Crippen LogP contribution is 2.47. The van der Waals surface area contributed by atoms with Gasteiger partial charge in [-0.2, -0.15) is 5.10 Å². The van der Waals surface area contributed by atoms with Crippen LogP contribution in [0.2, 0.25) is 5.02 Å². The van der Waals surface area contributed by atoms with E-state index in [-0.39, 0.29) is 30.0 Å². The molecule has 3 aliphatic heterocycles. The molecule has 4 aliphatic rings. The summed E-state index contributed by atoms with van der Waals surface area (Å²) in [5.74, 6) is 2.14. The summed E-state index contributed by atoms with van der Waals surface area (Å²) in [6.45, 7) is 0.323. The maximum absolute atomic E-state index is 14.4. The van der Waals surface area contributed by atoms with E-state index >= 15 is 0 Å². The first kappa shape index (κ1) is 29.4. The Kier molecular flexibility index (Phi) is 7.30. The van der Waals surface area contributed by atoms with Gasteiger partial charge in [-0.05, 0) is 109 Å². The lowest BCUT2D eigenvalue weighted by Gasteiger charge is -2.30. The Morgan fingerprint density at radius 3 is 2.38 bits per heavy atom. The van der Waals surface area contributed by atoms with Crippen molar-refractivity contribution in [3.05, 3.63) is 112 Å². The molecule has 47 heavy (non-hydrogen) atoms. The van der Waals surface area contributed by atoms with Crippen molar-refractivity contribution in [1.29, 1.82) is 0 Å². The molecule has 1 N–H and O–H groups in total. The molecule has 2 atom stereocenters. The van der Waals surface area contributed by atoms with Gasteiger partial charge in [-0.25, -0.2) is 13.4 Å². The fraction of sp³-hybridized carbons (Fsp3) is 0.200. The number of anilines is 1. The molecule has 0 spiro atoms. The normalized spacial score (nSPS) is 20.2. The Labute approximate surface area is 276 Å². The number of fused-ring (bicyclic) bond motifs is 3. The SMILES string of the molecule is O=C(c1cccc(S(=O)(=O)Nc2ccc(Cl)cc2)c1)N1N=C2/C(=C/c3ccc4c(c3)OCO4)CCC[C@H]2[C@H]1c1ccc2c(c1)OCO2. The number of benzene rings is 4. The summed E-state index contributed by atoms with van der Waals surface area (Å²) in [5, 5.41) is 6.96. The van der Waals surface area contributed by atoms with Crippen molar-refractivity contribution in [2.75, 3.05) is 18.3 Å². The van der Waals surface area contributed by atoms with Crippen molar-refractivity contribution in [2.45, 2.75) is 30.2 Å². The quantitative estimate of drug-likeness (QED) is 0.234. The highest BCUT2D eigenvalue weighted by molar-refractivity contribution is 7.92. The van der Waals surface area contributed by atoms with Crippen LogP contribution in [0.5, 0.6) is 23.0 Å². The van der Waals surface area contributed by atoms with Crippen molar-refractivity contribution >= 4 is 45.0 Å². The molecule has 4 aromatic rings. The zero-order valence-corrected chi connectivity index (χ0v) is 26.5. The minimum Gasteiger partial charge on any atom is -0.454 e. The molecular weight excluding hydrogens is 642 g/mol. The van der Waals surface area contributed by atoms with Gasteiger partial charge in [0.25, 0.3) is 15.9 Å². The molecule has 3 heterocycles. The van der Waals surface area contributed by atoms with Crippen molar-refractivity contribution in [2.24, 2.45) is 11.0 Å². The third-order valence-electron chi connectivity index (χ3n) is 8.67. The molecule has 1 saturated carbocycles. The van der Waals surface area contributed by atoms with Crippen LogP contribution in [0.25, 0.3) is 6.08 Å². The average molecular weight is 670 g/mol. The third-order valence-corrected chi connectivity index (χ3v) is 10.3. The zero-order valence-electron chi connectivity index (χ0n) is 24.9. The second-order valence-electron chi connectivity index (χ2n) is 11.6. The molecule has 0 radical (unpaired) electrons. The Hall–Kier alpha value is -5.00. The lowest BCUT2D eigenvalue weighted by molar-refractivity contribution is 0.0680. The molecule has 4 aromatic carbocycles. The van der Waals surface area contributed by atoms with E-state index in [1.54, 1.807) is 36.4 Å². The van der Waals surface area contributed by atoms with Crippen LogP contribution in [-0.2, 0) is 10.0 Å². The Bertz CT molecular complexity index is 2080. The van der Waals surface area contributed by atoms with Gasteiger partial charge in [-0.1, -0.05) is 29.8 Å². The molecule has 0 aromatic heterocycles. The molecule has 0 unspecified atom stereocenters. The van der Waals surface area contributed by atoms with Gasteiger partial charge >= 0.3 is 0 Å². The number of halogens is 1. The molecule has 0 saturated heterocycles. The van der Waals surface area contributed by atoms with Crippen LogP contribution in [0.4, 0.5) is 5.69 Å². The Balaban J connectivity index is 1.16. The Morgan fingerprint density at radius 1 is 0.872 bits per heavy atom. The van der Waals surface area contributed by atoms with Gasteiger partial charge in [-0.3, -0.25) is 9.52 Å². The predicted molar refractivity (Wildman–Crippen MR) is 175 cm³/mol. The monoisotopic (exact) mass is 669 g/mol. The number of amides is 1. The molecule has 12 heteroatoms. The van der Waals surface area contributed by atoms with E-state index in [9.17, 15) is 13.2 Å².